The van der Waals surface area contributed by atoms with Crippen LogP contribution in [-0.4, -0.2) is 31.1 Å². The second-order valence-electron chi connectivity index (χ2n) is 4.38. The van der Waals surface area contributed by atoms with Crippen LogP contribution in [0.1, 0.15) is 12.0 Å². The predicted octanol–water partition coefficient (Wildman–Crippen LogP) is 1.90. The molecule has 0 amide bonds. The number of benzene rings is 1. The van der Waals surface area contributed by atoms with Crippen LogP contribution in [0.25, 0.3) is 0 Å². The van der Waals surface area contributed by atoms with E-state index < -0.39 is 17.5 Å². The zero-order chi connectivity index (χ0) is 12.4. The van der Waals surface area contributed by atoms with Crippen molar-refractivity contribution in [2.24, 2.45) is 0 Å². The summed E-state index contributed by atoms with van der Waals surface area (Å²) in [7, 11) is 1.89. The van der Waals surface area contributed by atoms with E-state index in [1.54, 1.807) is 0 Å². The van der Waals surface area contributed by atoms with E-state index in [-0.39, 0.29) is 0 Å². The van der Waals surface area contributed by atoms with Crippen LogP contribution in [0.15, 0.2) is 12.1 Å². The van der Waals surface area contributed by atoms with E-state index in [0.29, 0.717) is 18.2 Å². The van der Waals surface area contributed by atoms with Crippen molar-refractivity contribution in [3.63, 3.8) is 0 Å². The van der Waals surface area contributed by atoms with Crippen molar-refractivity contribution in [3.05, 3.63) is 35.1 Å². The van der Waals surface area contributed by atoms with Crippen LogP contribution in [-0.2, 0) is 6.54 Å². The highest BCUT2D eigenvalue weighted by Gasteiger charge is 2.21. The third-order valence-electron chi connectivity index (χ3n) is 3.13. The minimum atomic E-state index is -1.40. The molecule has 0 radical (unpaired) electrons. The Hall–Kier alpha value is -1.07. The van der Waals surface area contributed by atoms with Crippen molar-refractivity contribution in [1.82, 2.24) is 10.2 Å². The molecule has 5 heteroatoms. The van der Waals surface area contributed by atoms with Gasteiger partial charge in [0.15, 0.2) is 17.5 Å². The van der Waals surface area contributed by atoms with E-state index in [4.69, 9.17) is 0 Å². The lowest BCUT2D eigenvalue weighted by Gasteiger charge is -2.16. The van der Waals surface area contributed by atoms with Crippen LogP contribution in [0.3, 0.4) is 0 Å². The van der Waals surface area contributed by atoms with E-state index in [9.17, 15) is 13.2 Å². The van der Waals surface area contributed by atoms with Crippen molar-refractivity contribution in [2.75, 3.05) is 20.1 Å². The summed E-state index contributed by atoms with van der Waals surface area (Å²) in [6.07, 6.45) is 1.02. The number of likely N-dealkylation sites (N-methyl/N-ethyl adjacent to an activating group) is 1. The molecule has 1 unspecified atom stereocenters. The molecule has 94 valence electrons. The monoisotopic (exact) mass is 244 g/mol. The summed E-state index contributed by atoms with van der Waals surface area (Å²) in [6.45, 7) is 2.18. The molecule has 1 aromatic rings. The molecule has 2 nitrogen and oxygen atoms in total. The molecule has 1 fully saturated rings. The van der Waals surface area contributed by atoms with Gasteiger partial charge in [0.2, 0.25) is 0 Å². The van der Waals surface area contributed by atoms with Crippen molar-refractivity contribution >= 4 is 0 Å². The zero-order valence-electron chi connectivity index (χ0n) is 9.64. The summed E-state index contributed by atoms with van der Waals surface area (Å²) in [4.78, 5) is 2.09. The Balaban J connectivity index is 2.04. The minimum absolute atomic E-state index is 0.421. The maximum atomic E-state index is 13.0. The van der Waals surface area contributed by atoms with Crippen LogP contribution in [0.5, 0.6) is 0 Å². The average molecular weight is 244 g/mol. The Morgan fingerprint density at radius 3 is 2.47 bits per heavy atom. The molecule has 1 N–H and O–H groups in total. The number of hydrogen-bond donors (Lipinski definition) is 1. The van der Waals surface area contributed by atoms with Gasteiger partial charge in [0.1, 0.15) is 0 Å². The fourth-order valence-corrected chi connectivity index (χ4v) is 2.17. The summed E-state index contributed by atoms with van der Waals surface area (Å²) in [5.74, 6) is -3.64. The average Bonchev–Trinajstić information content (AvgIpc) is 2.73. The normalized spacial score (nSPS) is 21.1. The number of halogens is 3. The van der Waals surface area contributed by atoms with Gasteiger partial charge < -0.3 is 5.32 Å². The summed E-state index contributed by atoms with van der Waals surface area (Å²) in [5, 5.41) is 3.16. The number of rotatable bonds is 3. The van der Waals surface area contributed by atoms with Gasteiger partial charge in [-0.15, -0.1) is 0 Å². The second-order valence-corrected chi connectivity index (χ2v) is 4.38. The first-order chi connectivity index (χ1) is 8.10. The maximum Gasteiger partial charge on any atom is 0.194 e. The van der Waals surface area contributed by atoms with Crippen LogP contribution in [0, 0.1) is 17.5 Å². The van der Waals surface area contributed by atoms with E-state index in [2.05, 4.69) is 10.2 Å². The molecule has 1 atom stereocenters. The quantitative estimate of drug-likeness (QED) is 0.817. The molecule has 0 saturated carbocycles. The summed E-state index contributed by atoms with van der Waals surface area (Å²) in [6, 6.07) is 2.54. The van der Waals surface area contributed by atoms with Gasteiger partial charge in [-0.3, -0.25) is 4.90 Å². The molecule has 0 aliphatic carbocycles. The zero-order valence-corrected chi connectivity index (χ0v) is 9.64. The molecule has 17 heavy (non-hydrogen) atoms. The van der Waals surface area contributed by atoms with Gasteiger partial charge in [-0.2, -0.15) is 0 Å². The molecule has 2 rings (SSSR count). The molecule has 1 saturated heterocycles. The summed E-state index contributed by atoms with van der Waals surface area (Å²) >= 11 is 0. The first-order valence-corrected chi connectivity index (χ1v) is 5.63. The lowest BCUT2D eigenvalue weighted by molar-refractivity contribution is 0.320. The third-order valence-corrected chi connectivity index (χ3v) is 3.13. The van der Waals surface area contributed by atoms with Crippen LogP contribution >= 0.6 is 0 Å². The highest BCUT2D eigenvalue weighted by Crippen LogP contribution is 2.17. The first kappa shape index (κ1) is 12.4. The fraction of sp³-hybridized carbons (Fsp3) is 0.500. The Morgan fingerprint density at radius 1 is 1.29 bits per heavy atom. The van der Waals surface area contributed by atoms with Crippen LogP contribution in [0.4, 0.5) is 13.2 Å². The highest BCUT2D eigenvalue weighted by molar-refractivity contribution is 5.19. The van der Waals surface area contributed by atoms with Gasteiger partial charge in [0.05, 0.1) is 0 Å². The minimum Gasteiger partial charge on any atom is -0.316 e. The Labute approximate surface area is 98.4 Å². The Morgan fingerprint density at radius 2 is 1.94 bits per heavy atom. The number of hydrogen-bond acceptors (Lipinski definition) is 2. The third kappa shape index (κ3) is 2.79. The molecule has 1 aliphatic heterocycles. The highest BCUT2D eigenvalue weighted by atomic mass is 19.2. The maximum absolute atomic E-state index is 13.0. The first-order valence-electron chi connectivity index (χ1n) is 5.63. The molecule has 1 aromatic carbocycles. The second kappa shape index (κ2) is 5.06. The van der Waals surface area contributed by atoms with E-state index >= 15 is 0 Å². The standard InChI is InChI=1S/C12H15F3N2/c1-16-9-2-3-17(7-9)6-8-4-10(13)12(15)11(14)5-8/h4-5,9,16H,2-3,6-7H2,1H3. The van der Waals surface area contributed by atoms with Crippen molar-refractivity contribution in [3.8, 4) is 0 Å². The van der Waals surface area contributed by atoms with Crippen molar-refractivity contribution in [2.45, 2.75) is 19.0 Å². The SMILES string of the molecule is CNC1CCN(Cc2cc(F)c(F)c(F)c2)C1. The summed E-state index contributed by atoms with van der Waals surface area (Å²) < 4.78 is 38.8. The Kier molecular flexibility index (Phi) is 3.69. The topological polar surface area (TPSA) is 15.3 Å². The molecule has 0 aromatic heterocycles. The van der Waals surface area contributed by atoms with E-state index in [1.807, 2.05) is 7.05 Å². The van der Waals surface area contributed by atoms with Gasteiger partial charge in [-0.1, -0.05) is 0 Å². The number of likely N-dealkylation sites (tertiary alicyclic amines) is 1. The number of nitrogens with one attached hydrogen (secondary N) is 1. The lowest BCUT2D eigenvalue weighted by Crippen LogP contribution is -2.29. The van der Waals surface area contributed by atoms with Gasteiger partial charge >= 0.3 is 0 Å². The molecular weight excluding hydrogens is 229 g/mol. The van der Waals surface area contributed by atoms with E-state index in [1.165, 1.54) is 0 Å². The summed E-state index contributed by atoms with van der Waals surface area (Å²) in [5.41, 5.74) is 0.471. The Bertz CT molecular complexity index is 386. The predicted molar refractivity (Wildman–Crippen MR) is 59.1 cm³/mol. The molecule has 1 aliphatic rings. The van der Waals surface area contributed by atoms with Gasteiger partial charge in [-0.05, 0) is 31.2 Å². The largest absolute Gasteiger partial charge is 0.316 e. The van der Waals surface area contributed by atoms with Gasteiger partial charge in [0.25, 0.3) is 0 Å². The van der Waals surface area contributed by atoms with Gasteiger partial charge in [0, 0.05) is 25.7 Å². The molecule has 0 spiro atoms. The number of nitrogens with zero attached hydrogens (tertiary/aromatic N) is 1. The van der Waals surface area contributed by atoms with Crippen LogP contribution in [0.2, 0.25) is 0 Å². The fourth-order valence-electron chi connectivity index (χ4n) is 2.17. The molecule has 1 heterocycles. The van der Waals surface area contributed by atoms with Crippen LogP contribution < -0.4 is 5.32 Å². The van der Waals surface area contributed by atoms with Crippen molar-refractivity contribution < 1.29 is 13.2 Å². The lowest BCUT2D eigenvalue weighted by atomic mass is 10.2. The van der Waals surface area contributed by atoms with Crippen molar-refractivity contribution in [1.29, 1.82) is 0 Å². The van der Waals surface area contributed by atoms with E-state index in [0.717, 1.165) is 31.6 Å². The molecular formula is C12H15F3N2. The molecule has 0 bridgehead atoms. The van der Waals surface area contributed by atoms with Gasteiger partial charge in [-0.25, -0.2) is 13.2 Å². The smallest absolute Gasteiger partial charge is 0.194 e.